The van der Waals surface area contributed by atoms with E-state index in [1.165, 1.54) is 17.7 Å². The van der Waals surface area contributed by atoms with Gasteiger partial charge in [-0.05, 0) is 41.8 Å². The van der Waals surface area contributed by atoms with Gasteiger partial charge in [-0.3, -0.25) is 4.98 Å². The first-order valence-electron chi connectivity index (χ1n) is 6.24. The highest BCUT2D eigenvalue weighted by molar-refractivity contribution is 9.10. The summed E-state index contributed by atoms with van der Waals surface area (Å²) >= 11 is 3.27. The molecule has 2 nitrogen and oxygen atoms in total. The molecule has 0 spiro atoms. The summed E-state index contributed by atoms with van der Waals surface area (Å²) in [7, 11) is 0. The molecule has 0 aliphatic carbocycles. The molecule has 1 aromatic carbocycles. The highest BCUT2D eigenvalue weighted by Gasteiger charge is 2.10. The molecule has 4 heteroatoms. The highest BCUT2D eigenvalue weighted by Crippen LogP contribution is 2.21. The van der Waals surface area contributed by atoms with Crippen molar-refractivity contribution in [3.63, 3.8) is 0 Å². The van der Waals surface area contributed by atoms with Gasteiger partial charge in [0.05, 0.1) is 0 Å². The van der Waals surface area contributed by atoms with Gasteiger partial charge in [0.15, 0.2) is 0 Å². The Morgan fingerprint density at radius 3 is 2.68 bits per heavy atom. The summed E-state index contributed by atoms with van der Waals surface area (Å²) in [5.41, 5.74) is 9.00. The quantitative estimate of drug-likeness (QED) is 0.930. The van der Waals surface area contributed by atoms with E-state index >= 15 is 0 Å². The predicted molar refractivity (Wildman–Crippen MR) is 78.3 cm³/mol. The Hall–Kier alpha value is -1.26. The number of benzene rings is 1. The lowest BCUT2D eigenvalue weighted by Gasteiger charge is -2.12. The molecule has 0 bridgehead atoms. The van der Waals surface area contributed by atoms with E-state index in [1.807, 2.05) is 18.3 Å². The van der Waals surface area contributed by atoms with Gasteiger partial charge in [-0.25, -0.2) is 4.39 Å². The molecule has 0 fully saturated rings. The van der Waals surface area contributed by atoms with Crippen molar-refractivity contribution in [2.24, 2.45) is 5.73 Å². The fourth-order valence-corrected chi connectivity index (χ4v) is 2.40. The van der Waals surface area contributed by atoms with Crippen molar-refractivity contribution in [1.82, 2.24) is 4.98 Å². The van der Waals surface area contributed by atoms with Gasteiger partial charge in [0.25, 0.3) is 0 Å². The number of nitrogens with zero attached hydrogens (tertiary/aromatic N) is 1. The van der Waals surface area contributed by atoms with E-state index in [0.29, 0.717) is 10.9 Å². The van der Waals surface area contributed by atoms with Gasteiger partial charge < -0.3 is 5.73 Å². The average Bonchev–Trinajstić information content (AvgIpc) is 2.38. The topological polar surface area (TPSA) is 38.9 Å². The predicted octanol–water partition coefficient (Wildman–Crippen LogP) is 3.79. The van der Waals surface area contributed by atoms with Crippen molar-refractivity contribution in [1.29, 1.82) is 0 Å². The minimum Gasteiger partial charge on any atom is -0.324 e. The number of nitrogens with two attached hydrogens (primary N) is 1. The Bertz CT molecular complexity index is 534. The summed E-state index contributed by atoms with van der Waals surface area (Å²) in [6.45, 7) is 2.09. The van der Waals surface area contributed by atoms with Crippen LogP contribution in [-0.2, 0) is 12.8 Å². The summed E-state index contributed by atoms with van der Waals surface area (Å²) in [6, 6.07) is 8.50. The van der Waals surface area contributed by atoms with E-state index < -0.39 is 0 Å². The SMILES string of the molecule is CCc1ccc(CC(N)c2cc(F)cc(Br)c2)nc1. The lowest BCUT2D eigenvalue weighted by molar-refractivity contribution is 0.616. The first-order chi connectivity index (χ1) is 9.08. The van der Waals surface area contributed by atoms with Crippen molar-refractivity contribution >= 4 is 15.9 Å². The van der Waals surface area contributed by atoms with Crippen LogP contribution in [0.4, 0.5) is 4.39 Å². The second-order valence-electron chi connectivity index (χ2n) is 4.52. The van der Waals surface area contributed by atoms with E-state index in [2.05, 4.69) is 33.9 Å². The van der Waals surface area contributed by atoms with Gasteiger partial charge in [0, 0.05) is 28.8 Å². The van der Waals surface area contributed by atoms with Crippen molar-refractivity contribution in [3.8, 4) is 0 Å². The van der Waals surface area contributed by atoms with Crippen molar-refractivity contribution in [3.05, 3.63) is 63.6 Å². The van der Waals surface area contributed by atoms with Gasteiger partial charge in [-0.1, -0.05) is 28.9 Å². The Morgan fingerprint density at radius 2 is 2.11 bits per heavy atom. The Balaban J connectivity index is 2.13. The molecule has 0 aliphatic rings. The summed E-state index contributed by atoms with van der Waals surface area (Å²) in [5.74, 6) is -0.283. The first-order valence-corrected chi connectivity index (χ1v) is 7.03. The monoisotopic (exact) mass is 322 g/mol. The molecule has 19 heavy (non-hydrogen) atoms. The zero-order valence-electron chi connectivity index (χ0n) is 10.7. The van der Waals surface area contributed by atoms with Crippen LogP contribution in [0.15, 0.2) is 41.0 Å². The molecule has 2 aromatic rings. The maximum atomic E-state index is 13.3. The maximum Gasteiger partial charge on any atom is 0.124 e. The lowest BCUT2D eigenvalue weighted by atomic mass is 10.0. The number of aromatic nitrogens is 1. The van der Waals surface area contributed by atoms with E-state index in [4.69, 9.17) is 5.73 Å². The number of aryl methyl sites for hydroxylation is 1. The van der Waals surface area contributed by atoms with Crippen LogP contribution in [0.1, 0.15) is 29.8 Å². The van der Waals surface area contributed by atoms with Gasteiger partial charge in [-0.15, -0.1) is 0 Å². The molecule has 1 atom stereocenters. The first kappa shape index (κ1) is 14.2. The molecule has 100 valence electrons. The summed E-state index contributed by atoms with van der Waals surface area (Å²) < 4.78 is 14.0. The molecule has 0 saturated carbocycles. The second kappa shape index (κ2) is 6.26. The zero-order chi connectivity index (χ0) is 13.8. The number of rotatable bonds is 4. The largest absolute Gasteiger partial charge is 0.324 e. The molecule has 0 saturated heterocycles. The van der Waals surface area contributed by atoms with Gasteiger partial charge >= 0.3 is 0 Å². The maximum absolute atomic E-state index is 13.3. The molecule has 2 rings (SSSR count). The zero-order valence-corrected chi connectivity index (χ0v) is 12.3. The fourth-order valence-electron chi connectivity index (χ4n) is 1.92. The summed E-state index contributed by atoms with van der Waals surface area (Å²) in [6.07, 6.45) is 3.43. The van der Waals surface area contributed by atoms with Crippen LogP contribution in [-0.4, -0.2) is 4.98 Å². The molecular formula is C15H16BrFN2. The summed E-state index contributed by atoms with van der Waals surface area (Å²) in [4.78, 5) is 4.37. The Labute approximate surface area is 121 Å². The number of hydrogen-bond acceptors (Lipinski definition) is 2. The molecule has 0 aliphatic heterocycles. The Morgan fingerprint density at radius 1 is 1.32 bits per heavy atom. The molecule has 1 unspecified atom stereocenters. The van der Waals surface area contributed by atoms with Crippen LogP contribution in [0.3, 0.4) is 0 Å². The third kappa shape index (κ3) is 3.85. The van der Waals surface area contributed by atoms with E-state index in [0.717, 1.165) is 17.7 Å². The standard InChI is InChI=1S/C15H16BrFN2/c1-2-10-3-4-14(19-9-10)8-15(18)11-5-12(16)7-13(17)6-11/h3-7,9,15H,2,8,18H2,1H3. The lowest BCUT2D eigenvalue weighted by Crippen LogP contribution is -2.14. The average molecular weight is 323 g/mol. The molecule has 1 aromatic heterocycles. The third-order valence-corrected chi connectivity index (χ3v) is 3.49. The molecule has 1 heterocycles. The van der Waals surface area contributed by atoms with Crippen LogP contribution in [0.2, 0.25) is 0 Å². The number of halogens is 2. The van der Waals surface area contributed by atoms with Crippen LogP contribution in [0.5, 0.6) is 0 Å². The third-order valence-electron chi connectivity index (χ3n) is 3.04. The molecule has 2 N–H and O–H groups in total. The minimum atomic E-state index is -0.283. The van der Waals surface area contributed by atoms with E-state index in [1.54, 1.807) is 0 Å². The van der Waals surface area contributed by atoms with Gasteiger partial charge in [0.1, 0.15) is 5.82 Å². The number of hydrogen-bond donors (Lipinski definition) is 1. The van der Waals surface area contributed by atoms with E-state index in [9.17, 15) is 4.39 Å². The normalized spacial score (nSPS) is 12.4. The second-order valence-corrected chi connectivity index (χ2v) is 5.44. The van der Waals surface area contributed by atoms with Crippen LogP contribution in [0.25, 0.3) is 0 Å². The summed E-state index contributed by atoms with van der Waals surface area (Å²) in [5, 5.41) is 0. The molecular weight excluding hydrogens is 307 g/mol. The Kier molecular flexibility index (Phi) is 4.66. The minimum absolute atomic E-state index is 0.257. The van der Waals surface area contributed by atoms with Gasteiger partial charge in [-0.2, -0.15) is 0 Å². The van der Waals surface area contributed by atoms with Crippen LogP contribution in [0, 0.1) is 5.82 Å². The van der Waals surface area contributed by atoms with Crippen molar-refractivity contribution in [2.75, 3.05) is 0 Å². The number of pyridine rings is 1. The van der Waals surface area contributed by atoms with Gasteiger partial charge in [0.2, 0.25) is 0 Å². The van der Waals surface area contributed by atoms with Crippen LogP contribution >= 0.6 is 15.9 Å². The highest BCUT2D eigenvalue weighted by atomic mass is 79.9. The van der Waals surface area contributed by atoms with Crippen LogP contribution < -0.4 is 5.73 Å². The van der Waals surface area contributed by atoms with Crippen molar-refractivity contribution in [2.45, 2.75) is 25.8 Å². The smallest absolute Gasteiger partial charge is 0.124 e. The molecule has 0 radical (unpaired) electrons. The molecule has 0 amide bonds. The fraction of sp³-hybridized carbons (Fsp3) is 0.267. The van der Waals surface area contributed by atoms with E-state index in [-0.39, 0.29) is 11.9 Å². The van der Waals surface area contributed by atoms with Crippen molar-refractivity contribution < 1.29 is 4.39 Å².